The predicted octanol–water partition coefficient (Wildman–Crippen LogP) is 2.14. The zero-order valence-electron chi connectivity index (χ0n) is 9.89. The van der Waals surface area contributed by atoms with Gasteiger partial charge >= 0.3 is 0 Å². The van der Waals surface area contributed by atoms with Gasteiger partial charge in [-0.3, -0.25) is 4.68 Å². The largest absolute Gasteiger partial charge is 0.388 e. The van der Waals surface area contributed by atoms with Gasteiger partial charge < -0.3 is 5.11 Å². The minimum absolute atomic E-state index is 0.263. The molecule has 2 rings (SSSR count). The molecule has 3 nitrogen and oxygen atoms in total. The van der Waals surface area contributed by atoms with E-state index in [0.29, 0.717) is 6.42 Å². The summed E-state index contributed by atoms with van der Waals surface area (Å²) in [6.45, 7) is 1.91. The number of hydrogen-bond acceptors (Lipinski definition) is 2. The Labute approximate surface area is 99.5 Å². The van der Waals surface area contributed by atoms with Crippen LogP contribution in [-0.2, 0) is 13.5 Å². The Balaban J connectivity index is 2.14. The van der Waals surface area contributed by atoms with Crippen LogP contribution in [0.4, 0.5) is 4.39 Å². The molecule has 0 aliphatic heterocycles. The van der Waals surface area contributed by atoms with Crippen LogP contribution in [0.15, 0.2) is 30.5 Å². The molecule has 1 atom stereocenters. The number of benzene rings is 1. The van der Waals surface area contributed by atoms with Crippen molar-refractivity contribution < 1.29 is 9.50 Å². The van der Waals surface area contributed by atoms with Crippen LogP contribution < -0.4 is 0 Å². The molecule has 1 aromatic carbocycles. The third-order valence-electron chi connectivity index (χ3n) is 2.97. The number of aromatic nitrogens is 2. The summed E-state index contributed by atoms with van der Waals surface area (Å²) in [5, 5.41) is 14.2. The van der Waals surface area contributed by atoms with Crippen LogP contribution in [0.3, 0.4) is 0 Å². The van der Waals surface area contributed by atoms with E-state index in [1.807, 2.05) is 14.0 Å². The number of hydrogen-bond donors (Lipinski definition) is 1. The summed E-state index contributed by atoms with van der Waals surface area (Å²) >= 11 is 0. The molecule has 0 fully saturated rings. The van der Waals surface area contributed by atoms with Gasteiger partial charge in [-0.1, -0.05) is 12.1 Å². The maximum absolute atomic E-state index is 12.7. The monoisotopic (exact) mass is 234 g/mol. The highest BCUT2D eigenvalue weighted by Crippen LogP contribution is 2.21. The average molecular weight is 234 g/mol. The predicted molar refractivity (Wildman–Crippen MR) is 63.0 cm³/mol. The van der Waals surface area contributed by atoms with E-state index >= 15 is 0 Å². The molecular formula is C13H15FN2O. The lowest BCUT2D eigenvalue weighted by molar-refractivity contribution is 0.177. The molecule has 0 saturated heterocycles. The molecule has 4 heteroatoms. The van der Waals surface area contributed by atoms with Crippen molar-refractivity contribution in [3.63, 3.8) is 0 Å². The van der Waals surface area contributed by atoms with Gasteiger partial charge in [-0.05, 0) is 24.6 Å². The van der Waals surface area contributed by atoms with Gasteiger partial charge in [-0.25, -0.2) is 4.39 Å². The summed E-state index contributed by atoms with van der Waals surface area (Å²) in [6.07, 6.45) is 1.53. The molecule has 0 radical (unpaired) electrons. The molecule has 1 unspecified atom stereocenters. The Morgan fingerprint density at radius 3 is 2.53 bits per heavy atom. The highest BCUT2D eigenvalue weighted by molar-refractivity contribution is 5.23. The molecule has 2 aromatic rings. The molecule has 90 valence electrons. The average Bonchev–Trinajstić information content (AvgIpc) is 2.63. The van der Waals surface area contributed by atoms with E-state index in [2.05, 4.69) is 5.10 Å². The van der Waals surface area contributed by atoms with E-state index in [-0.39, 0.29) is 5.82 Å². The zero-order valence-corrected chi connectivity index (χ0v) is 9.89. The van der Waals surface area contributed by atoms with Gasteiger partial charge in [-0.15, -0.1) is 0 Å². The maximum Gasteiger partial charge on any atom is 0.123 e. The maximum atomic E-state index is 12.7. The van der Waals surface area contributed by atoms with Crippen molar-refractivity contribution in [1.29, 1.82) is 0 Å². The van der Waals surface area contributed by atoms with Crippen molar-refractivity contribution in [3.8, 4) is 0 Å². The van der Waals surface area contributed by atoms with Crippen LogP contribution in [0.1, 0.15) is 22.9 Å². The van der Waals surface area contributed by atoms with Crippen LogP contribution in [0.25, 0.3) is 0 Å². The first-order valence-corrected chi connectivity index (χ1v) is 5.49. The lowest BCUT2D eigenvalue weighted by Crippen LogP contribution is -2.03. The molecule has 17 heavy (non-hydrogen) atoms. The summed E-state index contributed by atoms with van der Waals surface area (Å²) in [5.74, 6) is -0.263. The summed E-state index contributed by atoms with van der Waals surface area (Å²) in [7, 11) is 1.84. The Hall–Kier alpha value is -1.68. The summed E-state index contributed by atoms with van der Waals surface area (Å²) < 4.78 is 14.5. The quantitative estimate of drug-likeness (QED) is 0.883. The minimum Gasteiger partial charge on any atom is -0.388 e. The van der Waals surface area contributed by atoms with E-state index in [1.165, 1.54) is 12.1 Å². The van der Waals surface area contributed by atoms with Crippen LogP contribution in [0.5, 0.6) is 0 Å². The lowest BCUT2D eigenvalue weighted by Gasteiger charge is -2.10. The van der Waals surface area contributed by atoms with Gasteiger partial charge in [0.25, 0.3) is 0 Å². The van der Waals surface area contributed by atoms with Crippen molar-refractivity contribution in [3.05, 3.63) is 53.1 Å². The van der Waals surface area contributed by atoms with E-state index < -0.39 is 6.10 Å². The van der Waals surface area contributed by atoms with Crippen LogP contribution in [-0.4, -0.2) is 14.9 Å². The van der Waals surface area contributed by atoms with Gasteiger partial charge in [0.15, 0.2) is 0 Å². The Morgan fingerprint density at radius 2 is 2.00 bits per heavy atom. The first-order chi connectivity index (χ1) is 8.08. The molecule has 1 heterocycles. The fourth-order valence-electron chi connectivity index (χ4n) is 1.80. The highest BCUT2D eigenvalue weighted by Gasteiger charge is 2.14. The first kappa shape index (κ1) is 11.8. The number of aliphatic hydroxyl groups is 1. The fourth-order valence-corrected chi connectivity index (χ4v) is 1.80. The molecule has 1 aromatic heterocycles. The number of halogens is 1. The van der Waals surface area contributed by atoms with Gasteiger partial charge in [0, 0.05) is 24.7 Å². The summed E-state index contributed by atoms with van der Waals surface area (Å²) in [6, 6.07) is 6.17. The zero-order chi connectivity index (χ0) is 12.4. The molecular weight excluding hydrogens is 219 g/mol. The second kappa shape index (κ2) is 4.67. The SMILES string of the molecule is Cc1c(C(O)Cc2ccc(F)cc2)cnn1C. The summed E-state index contributed by atoms with van der Waals surface area (Å²) in [4.78, 5) is 0. The smallest absolute Gasteiger partial charge is 0.123 e. The van der Waals surface area contributed by atoms with Crippen molar-refractivity contribution in [2.45, 2.75) is 19.4 Å². The van der Waals surface area contributed by atoms with Crippen molar-refractivity contribution in [2.24, 2.45) is 7.05 Å². The molecule has 0 bridgehead atoms. The highest BCUT2D eigenvalue weighted by atomic mass is 19.1. The summed E-state index contributed by atoms with van der Waals surface area (Å²) in [5.41, 5.74) is 2.67. The molecule has 0 amide bonds. The Morgan fingerprint density at radius 1 is 1.35 bits per heavy atom. The van der Waals surface area contributed by atoms with E-state index in [0.717, 1.165) is 16.8 Å². The Bertz CT molecular complexity index is 505. The van der Waals surface area contributed by atoms with E-state index in [1.54, 1.807) is 23.0 Å². The first-order valence-electron chi connectivity index (χ1n) is 5.49. The van der Waals surface area contributed by atoms with Crippen molar-refractivity contribution in [2.75, 3.05) is 0 Å². The van der Waals surface area contributed by atoms with Gasteiger partial charge in [0.05, 0.1) is 12.3 Å². The second-order valence-electron chi connectivity index (χ2n) is 4.16. The lowest BCUT2D eigenvalue weighted by atomic mass is 10.0. The number of rotatable bonds is 3. The van der Waals surface area contributed by atoms with Crippen LogP contribution in [0.2, 0.25) is 0 Å². The van der Waals surface area contributed by atoms with Crippen molar-refractivity contribution in [1.82, 2.24) is 9.78 Å². The molecule has 0 aliphatic rings. The molecule has 0 aliphatic carbocycles. The standard InChI is InChI=1S/C13H15FN2O/c1-9-12(8-15-16(9)2)13(17)7-10-3-5-11(14)6-4-10/h3-6,8,13,17H,7H2,1-2H3. The van der Waals surface area contributed by atoms with Gasteiger partial charge in [0.1, 0.15) is 5.82 Å². The van der Waals surface area contributed by atoms with Gasteiger partial charge in [-0.2, -0.15) is 5.10 Å². The number of aliphatic hydroxyl groups excluding tert-OH is 1. The number of aryl methyl sites for hydroxylation is 1. The third-order valence-corrected chi connectivity index (χ3v) is 2.97. The minimum atomic E-state index is -0.603. The van der Waals surface area contributed by atoms with E-state index in [9.17, 15) is 9.50 Å². The van der Waals surface area contributed by atoms with Gasteiger partial charge in [0.2, 0.25) is 0 Å². The normalized spacial score (nSPS) is 12.7. The van der Waals surface area contributed by atoms with E-state index in [4.69, 9.17) is 0 Å². The molecule has 0 spiro atoms. The van der Waals surface area contributed by atoms with Crippen molar-refractivity contribution >= 4 is 0 Å². The topological polar surface area (TPSA) is 38.1 Å². The fraction of sp³-hybridized carbons (Fsp3) is 0.308. The number of nitrogens with zero attached hydrogens (tertiary/aromatic N) is 2. The third kappa shape index (κ3) is 2.53. The Kier molecular flexibility index (Phi) is 3.24. The van der Waals surface area contributed by atoms with Crippen LogP contribution >= 0.6 is 0 Å². The second-order valence-corrected chi connectivity index (χ2v) is 4.16. The van der Waals surface area contributed by atoms with Crippen LogP contribution in [0, 0.1) is 12.7 Å². The molecule has 1 N–H and O–H groups in total. The molecule has 0 saturated carbocycles.